The second kappa shape index (κ2) is 5.76. The van der Waals surface area contributed by atoms with Crippen molar-refractivity contribution >= 4 is 5.91 Å². The average Bonchev–Trinajstić information content (AvgIpc) is 2.27. The van der Waals surface area contributed by atoms with E-state index in [0.29, 0.717) is 5.75 Å². The highest BCUT2D eigenvalue weighted by Gasteiger charge is 2.20. The molecule has 0 saturated heterocycles. The minimum Gasteiger partial charge on any atom is -0.497 e. The van der Waals surface area contributed by atoms with E-state index in [1.807, 2.05) is 20.8 Å². The Hall–Kier alpha value is -1.71. The summed E-state index contributed by atoms with van der Waals surface area (Å²) in [4.78, 5) is 11.8. The Kier molecular flexibility index (Phi) is 4.59. The molecular weight excluding hydrogens is 230 g/mol. The molecule has 0 aliphatic heterocycles. The lowest BCUT2D eigenvalue weighted by Crippen LogP contribution is -2.46. The Morgan fingerprint density at radius 1 is 1.17 bits per heavy atom. The van der Waals surface area contributed by atoms with Crippen LogP contribution in [-0.4, -0.2) is 24.7 Å². The van der Waals surface area contributed by atoms with Gasteiger partial charge >= 0.3 is 0 Å². The molecule has 1 atom stereocenters. The Balaban J connectivity index is 2.58. The van der Waals surface area contributed by atoms with Crippen molar-refractivity contribution in [2.24, 2.45) is 0 Å². The molecule has 0 aliphatic rings. The van der Waals surface area contributed by atoms with E-state index in [9.17, 15) is 4.79 Å². The number of hydrogen-bond acceptors (Lipinski definition) is 3. The highest BCUT2D eigenvalue weighted by molar-refractivity contribution is 5.81. The van der Waals surface area contributed by atoms with Crippen molar-refractivity contribution in [1.29, 1.82) is 0 Å². The number of carbonyl (C=O) groups is 1. The first-order valence-corrected chi connectivity index (χ1v) is 5.94. The molecule has 0 aromatic heterocycles. The molecule has 100 valence electrons. The van der Waals surface area contributed by atoms with Gasteiger partial charge in [0.2, 0.25) is 0 Å². The van der Waals surface area contributed by atoms with Crippen LogP contribution in [0.1, 0.15) is 27.7 Å². The van der Waals surface area contributed by atoms with E-state index in [4.69, 9.17) is 9.47 Å². The van der Waals surface area contributed by atoms with E-state index in [-0.39, 0.29) is 11.4 Å². The Bertz CT molecular complexity index is 392. The van der Waals surface area contributed by atoms with Gasteiger partial charge in [-0.15, -0.1) is 0 Å². The van der Waals surface area contributed by atoms with E-state index >= 15 is 0 Å². The molecule has 0 bridgehead atoms. The summed E-state index contributed by atoms with van der Waals surface area (Å²) in [5, 5.41) is 2.87. The van der Waals surface area contributed by atoms with Crippen molar-refractivity contribution in [2.75, 3.05) is 7.11 Å². The van der Waals surface area contributed by atoms with Gasteiger partial charge in [0, 0.05) is 5.54 Å². The van der Waals surface area contributed by atoms with E-state index in [2.05, 4.69) is 5.32 Å². The number of carbonyl (C=O) groups excluding carboxylic acids is 1. The molecule has 4 heteroatoms. The fourth-order valence-corrected chi connectivity index (χ4v) is 1.38. The summed E-state index contributed by atoms with van der Waals surface area (Å²) >= 11 is 0. The highest BCUT2D eigenvalue weighted by atomic mass is 16.5. The van der Waals surface area contributed by atoms with Crippen LogP contribution in [0.25, 0.3) is 0 Å². The van der Waals surface area contributed by atoms with Gasteiger partial charge < -0.3 is 14.8 Å². The molecule has 1 amide bonds. The largest absolute Gasteiger partial charge is 0.497 e. The third-order valence-electron chi connectivity index (χ3n) is 2.24. The molecule has 0 aliphatic carbocycles. The molecule has 0 fully saturated rings. The summed E-state index contributed by atoms with van der Waals surface area (Å²) in [6.45, 7) is 7.53. The van der Waals surface area contributed by atoms with Crippen LogP contribution in [0, 0.1) is 0 Å². The topological polar surface area (TPSA) is 47.6 Å². The number of nitrogens with one attached hydrogen (secondary N) is 1. The van der Waals surface area contributed by atoms with E-state index in [1.165, 1.54) is 0 Å². The summed E-state index contributed by atoms with van der Waals surface area (Å²) in [5.41, 5.74) is -0.255. The van der Waals surface area contributed by atoms with Crippen molar-refractivity contribution in [1.82, 2.24) is 5.32 Å². The maximum Gasteiger partial charge on any atom is 0.261 e. The normalized spacial score (nSPS) is 12.7. The molecule has 0 unspecified atom stereocenters. The summed E-state index contributed by atoms with van der Waals surface area (Å²) in [6.07, 6.45) is -0.530. The first kappa shape index (κ1) is 14.4. The van der Waals surface area contributed by atoms with Gasteiger partial charge in [0.15, 0.2) is 6.10 Å². The SMILES string of the molecule is COc1ccc(O[C@H](C)C(=O)NC(C)(C)C)cc1. The number of benzene rings is 1. The van der Waals surface area contributed by atoms with Crippen LogP contribution in [0.3, 0.4) is 0 Å². The Morgan fingerprint density at radius 2 is 1.67 bits per heavy atom. The number of amides is 1. The van der Waals surface area contributed by atoms with Gasteiger partial charge in [0.25, 0.3) is 5.91 Å². The van der Waals surface area contributed by atoms with Crippen molar-refractivity contribution in [2.45, 2.75) is 39.3 Å². The molecule has 0 heterocycles. The smallest absolute Gasteiger partial charge is 0.261 e. The quantitative estimate of drug-likeness (QED) is 0.893. The molecule has 1 aromatic carbocycles. The summed E-state index contributed by atoms with van der Waals surface area (Å²) in [5.74, 6) is 1.28. The third kappa shape index (κ3) is 4.65. The lowest BCUT2D eigenvalue weighted by atomic mass is 10.1. The van der Waals surface area contributed by atoms with Crippen molar-refractivity contribution < 1.29 is 14.3 Å². The molecule has 0 radical (unpaired) electrons. The molecule has 0 spiro atoms. The van der Waals surface area contributed by atoms with E-state index in [0.717, 1.165) is 5.75 Å². The number of methoxy groups -OCH3 is 1. The summed E-state index contributed by atoms with van der Waals surface area (Å²) < 4.78 is 10.6. The maximum absolute atomic E-state index is 11.8. The first-order valence-electron chi connectivity index (χ1n) is 5.94. The number of rotatable bonds is 4. The van der Waals surface area contributed by atoms with Crippen LogP contribution in [0.2, 0.25) is 0 Å². The number of hydrogen-bond donors (Lipinski definition) is 1. The highest BCUT2D eigenvalue weighted by Crippen LogP contribution is 2.18. The zero-order chi connectivity index (χ0) is 13.8. The molecule has 4 nitrogen and oxygen atoms in total. The summed E-state index contributed by atoms with van der Waals surface area (Å²) in [6, 6.07) is 7.15. The standard InChI is InChI=1S/C14H21NO3/c1-10(13(16)15-14(2,3)4)18-12-8-6-11(17-5)7-9-12/h6-10H,1-5H3,(H,15,16)/t10-/m1/s1. The van der Waals surface area contributed by atoms with Crippen molar-refractivity contribution in [3.8, 4) is 11.5 Å². The minimum absolute atomic E-state index is 0.127. The van der Waals surface area contributed by atoms with Crippen LogP contribution in [0.4, 0.5) is 0 Å². The van der Waals surface area contributed by atoms with Crippen LogP contribution >= 0.6 is 0 Å². The van der Waals surface area contributed by atoms with Gasteiger partial charge in [-0.1, -0.05) is 0 Å². The van der Waals surface area contributed by atoms with E-state index < -0.39 is 6.10 Å². The van der Waals surface area contributed by atoms with Gasteiger partial charge in [-0.05, 0) is 52.0 Å². The lowest BCUT2D eigenvalue weighted by molar-refractivity contribution is -0.128. The van der Waals surface area contributed by atoms with E-state index in [1.54, 1.807) is 38.3 Å². The second-order valence-corrected chi connectivity index (χ2v) is 5.17. The zero-order valence-corrected chi connectivity index (χ0v) is 11.6. The Labute approximate surface area is 108 Å². The van der Waals surface area contributed by atoms with Crippen LogP contribution in [0.15, 0.2) is 24.3 Å². The molecule has 1 rings (SSSR count). The zero-order valence-electron chi connectivity index (χ0n) is 11.6. The fourth-order valence-electron chi connectivity index (χ4n) is 1.38. The predicted molar refractivity (Wildman–Crippen MR) is 71.0 cm³/mol. The first-order chi connectivity index (χ1) is 8.31. The van der Waals surface area contributed by atoms with Crippen molar-refractivity contribution in [3.05, 3.63) is 24.3 Å². The molecule has 1 N–H and O–H groups in total. The third-order valence-corrected chi connectivity index (χ3v) is 2.24. The minimum atomic E-state index is -0.530. The molecular formula is C14H21NO3. The van der Waals surface area contributed by atoms with Gasteiger partial charge in [0.1, 0.15) is 11.5 Å². The van der Waals surface area contributed by atoms with Crippen LogP contribution < -0.4 is 14.8 Å². The molecule has 18 heavy (non-hydrogen) atoms. The Morgan fingerprint density at radius 3 is 2.11 bits per heavy atom. The van der Waals surface area contributed by atoms with Gasteiger partial charge in [-0.3, -0.25) is 4.79 Å². The fraction of sp³-hybridized carbons (Fsp3) is 0.500. The maximum atomic E-state index is 11.8. The van der Waals surface area contributed by atoms with Gasteiger partial charge in [-0.25, -0.2) is 0 Å². The predicted octanol–water partition coefficient (Wildman–Crippen LogP) is 2.38. The molecule has 1 aromatic rings. The molecule has 0 saturated carbocycles. The average molecular weight is 251 g/mol. The second-order valence-electron chi connectivity index (χ2n) is 5.17. The van der Waals surface area contributed by atoms with Crippen molar-refractivity contribution in [3.63, 3.8) is 0 Å². The summed E-state index contributed by atoms with van der Waals surface area (Å²) in [7, 11) is 1.61. The monoisotopic (exact) mass is 251 g/mol. The van der Waals surface area contributed by atoms with Gasteiger partial charge in [0.05, 0.1) is 7.11 Å². The lowest BCUT2D eigenvalue weighted by Gasteiger charge is -2.23. The van der Waals surface area contributed by atoms with Crippen LogP contribution in [-0.2, 0) is 4.79 Å². The van der Waals surface area contributed by atoms with Crippen LogP contribution in [0.5, 0.6) is 11.5 Å². The van der Waals surface area contributed by atoms with Gasteiger partial charge in [-0.2, -0.15) is 0 Å². The number of ether oxygens (including phenoxy) is 2.